The molecule has 1 unspecified atom stereocenters. The second-order valence-electron chi connectivity index (χ2n) is 5.50. The molecule has 0 aliphatic rings. The first kappa shape index (κ1) is 20.9. The van der Waals surface area contributed by atoms with E-state index in [1.807, 2.05) is 0 Å². The van der Waals surface area contributed by atoms with Crippen LogP contribution in [-0.4, -0.2) is 35.5 Å². The van der Waals surface area contributed by atoms with Crippen molar-refractivity contribution in [1.29, 1.82) is 0 Å². The Morgan fingerprint density at radius 2 is 2.00 bits per heavy atom. The van der Waals surface area contributed by atoms with Crippen molar-refractivity contribution in [2.45, 2.75) is 45.4 Å². The average Bonchev–Trinajstić information content (AvgIpc) is 2.53. The number of rotatable bonds is 9. The third kappa shape index (κ3) is 7.08. The van der Waals surface area contributed by atoms with Gasteiger partial charge in [0.15, 0.2) is 12.4 Å². The van der Waals surface area contributed by atoms with Crippen LogP contribution >= 0.6 is 0 Å². The molecule has 0 aromatic carbocycles. The van der Waals surface area contributed by atoms with Crippen molar-refractivity contribution in [2.24, 2.45) is 0 Å². The predicted octanol–water partition coefficient (Wildman–Crippen LogP) is 3.53. The Kier molecular flexibility index (Phi) is 7.35. The number of halogens is 3. The molecule has 0 spiro atoms. The van der Waals surface area contributed by atoms with E-state index in [9.17, 15) is 18.0 Å². The molecule has 25 heavy (non-hydrogen) atoms. The number of esters is 1. The highest BCUT2D eigenvalue weighted by Gasteiger charge is 2.38. The van der Waals surface area contributed by atoms with Crippen LogP contribution in [0.4, 0.5) is 13.2 Å². The topological polar surface area (TPSA) is 70.5 Å². The summed E-state index contributed by atoms with van der Waals surface area (Å²) < 4.78 is 53.4. The van der Waals surface area contributed by atoms with Gasteiger partial charge in [-0.1, -0.05) is 6.58 Å². The average molecular weight is 362 g/mol. The smallest absolute Gasteiger partial charge is 0.389 e. The van der Waals surface area contributed by atoms with Crippen LogP contribution in [0.1, 0.15) is 39.3 Å². The number of nitrogens with zero attached hydrogens (tertiary/aromatic N) is 2. The molecule has 140 valence electrons. The third-order valence-corrected chi connectivity index (χ3v) is 3.20. The zero-order valence-corrected chi connectivity index (χ0v) is 14.4. The van der Waals surface area contributed by atoms with Crippen molar-refractivity contribution < 1.29 is 32.2 Å². The molecular weight excluding hydrogens is 341 g/mol. The fourth-order valence-corrected chi connectivity index (χ4v) is 1.79. The number of ether oxygens (including phenoxy) is 3. The maximum atomic E-state index is 12.7. The first-order chi connectivity index (χ1) is 11.6. The van der Waals surface area contributed by atoms with E-state index in [4.69, 9.17) is 14.2 Å². The van der Waals surface area contributed by atoms with Gasteiger partial charge in [-0.15, -0.1) is 0 Å². The van der Waals surface area contributed by atoms with Crippen LogP contribution in [0.3, 0.4) is 0 Å². The lowest BCUT2D eigenvalue weighted by Crippen LogP contribution is -2.32. The molecule has 0 saturated carbocycles. The molecule has 6 nitrogen and oxygen atoms in total. The predicted molar refractivity (Wildman–Crippen MR) is 82.7 cm³/mol. The van der Waals surface area contributed by atoms with Crippen LogP contribution in [0, 0.1) is 0 Å². The van der Waals surface area contributed by atoms with Crippen molar-refractivity contribution >= 4 is 5.97 Å². The molecule has 1 aromatic heterocycles. The highest BCUT2D eigenvalue weighted by Crippen LogP contribution is 2.35. The normalized spacial score (nSPS) is 13.8. The number of aromatic nitrogens is 2. The Balaban J connectivity index is 3.06. The monoisotopic (exact) mass is 362 g/mol. The summed E-state index contributed by atoms with van der Waals surface area (Å²) >= 11 is 0. The van der Waals surface area contributed by atoms with E-state index in [0.717, 1.165) is 0 Å². The summed E-state index contributed by atoms with van der Waals surface area (Å²) in [4.78, 5) is 19.8. The maximum Gasteiger partial charge on any atom is 0.389 e. The molecule has 0 radical (unpaired) electrons. The summed E-state index contributed by atoms with van der Waals surface area (Å²) in [7, 11) is 0. The van der Waals surface area contributed by atoms with Crippen molar-refractivity contribution in [2.75, 3.05) is 13.4 Å². The Bertz CT molecular complexity index is 607. The van der Waals surface area contributed by atoms with Crippen molar-refractivity contribution in [1.82, 2.24) is 9.97 Å². The van der Waals surface area contributed by atoms with Gasteiger partial charge >= 0.3 is 18.2 Å². The van der Waals surface area contributed by atoms with Gasteiger partial charge in [0.2, 0.25) is 0 Å². The zero-order valence-electron chi connectivity index (χ0n) is 14.4. The molecule has 0 aliphatic carbocycles. The quantitative estimate of drug-likeness (QED) is 0.290. The Morgan fingerprint density at radius 1 is 1.32 bits per heavy atom. The summed E-state index contributed by atoms with van der Waals surface area (Å²) in [5.41, 5.74) is -1.45. The van der Waals surface area contributed by atoms with Gasteiger partial charge in [0.1, 0.15) is 0 Å². The van der Waals surface area contributed by atoms with E-state index in [-0.39, 0.29) is 24.1 Å². The largest absolute Gasteiger partial charge is 0.449 e. The van der Waals surface area contributed by atoms with E-state index in [2.05, 4.69) is 16.5 Å². The molecule has 1 heterocycles. The fourth-order valence-electron chi connectivity index (χ4n) is 1.79. The highest BCUT2D eigenvalue weighted by atomic mass is 19.4. The van der Waals surface area contributed by atoms with Crippen molar-refractivity contribution in [3.8, 4) is 6.01 Å². The number of hydrogen-bond acceptors (Lipinski definition) is 6. The number of hydrogen-bond donors (Lipinski definition) is 0. The molecule has 0 amide bonds. The number of carbonyl (C=O) groups excluding carboxylic acids is 1. The maximum absolute atomic E-state index is 12.7. The van der Waals surface area contributed by atoms with Gasteiger partial charge in [-0.25, -0.2) is 9.78 Å². The van der Waals surface area contributed by atoms with Gasteiger partial charge in [0.05, 0.1) is 5.69 Å². The van der Waals surface area contributed by atoms with Crippen molar-refractivity contribution in [3.63, 3.8) is 0 Å². The standard InChI is InChI=1S/C16H21F3N2O4/c1-5-23-10-24-14-20-9-6-12(21-14)15(4,7-8-16(17,18)19)25-13(22)11(2)3/h6,9H,2,5,7-8,10H2,1,3-4H3. The SMILES string of the molecule is C=C(C)C(=O)OC(C)(CCC(F)(F)F)c1ccnc(OCOCC)n1. The number of alkyl halides is 3. The first-order valence-electron chi connectivity index (χ1n) is 7.57. The van der Waals surface area contributed by atoms with Crippen LogP contribution < -0.4 is 4.74 Å². The van der Waals surface area contributed by atoms with E-state index in [1.54, 1.807) is 6.92 Å². The Labute approximate surface area is 144 Å². The van der Waals surface area contributed by atoms with E-state index in [1.165, 1.54) is 26.1 Å². The van der Waals surface area contributed by atoms with Gasteiger partial charge in [-0.05, 0) is 26.8 Å². The summed E-state index contributed by atoms with van der Waals surface area (Å²) in [5.74, 6) is -0.805. The lowest BCUT2D eigenvalue weighted by molar-refractivity contribution is -0.168. The van der Waals surface area contributed by atoms with E-state index in [0.29, 0.717) is 6.61 Å². The summed E-state index contributed by atoms with van der Waals surface area (Å²) in [5, 5.41) is 0. The van der Waals surface area contributed by atoms with Gasteiger partial charge < -0.3 is 14.2 Å². The molecule has 0 aliphatic heterocycles. The molecular formula is C16H21F3N2O4. The second-order valence-corrected chi connectivity index (χ2v) is 5.50. The van der Waals surface area contributed by atoms with Crippen LogP contribution in [0.5, 0.6) is 6.01 Å². The van der Waals surface area contributed by atoms with Crippen LogP contribution in [0.2, 0.25) is 0 Å². The molecule has 1 rings (SSSR count). The minimum Gasteiger partial charge on any atom is -0.449 e. The highest BCUT2D eigenvalue weighted by molar-refractivity contribution is 5.87. The molecule has 0 N–H and O–H groups in total. The first-order valence-corrected chi connectivity index (χ1v) is 7.57. The summed E-state index contributed by atoms with van der Waals surface area (Å²) in [6.07, 6.45) is -4.74. The fraction of sp³-hybridized carbons (Fsp3) is 0.562. The van der Waals surface area contributed by atoms with Gasteiger partial charge in [0.25, 0.3) is 0 Å². The van der Waals surface area contributed by atoms with Gasteiger partial charge in [0, 0.05) is 31.2 Å². The minimum absolute atomic E-state index is 0.0695. The van der Waals surface area contributed by atoms with Crippen molar-refractivity contribution in [3.05, 3.63) is 30.1 Å². The summed E-state index contributed by atoms with van der Waals surface area (Å²) in [6.45, 7) is 8.28. The molecule has 0 fully saturated rings. The van der Waals surface area contributed by atoms with Gasteiger partial charge in [-0.2, -0.15) is 18.2 Å². The molecule has 1 aromatic rings. The van der Waals surface area contributed by atoms with Crippen LogP contribution in [-0.2, 0) is 19.9 Å². The lowest BCUT2D eigenvalue weighted by Gasteiger charge is -2.29. The second kappa shape index (κ2) is 8.80. The van der Waals surface area contributed by atoms with Gasteiger partial charge in [-0.3, -0.25) is 0 Å². The molecule has 0 saturated heterocycles. The number of carbonyl (C=O) groups is 1. The Morgan fingerprint density at radius 3 is 2.56 bits per heavy atom. The van der Waals surface area contributed by atoms with E-state index < -0.39 is 30.6 Å². The minimum atomic E-state index is -4.40. The molecule has 9 heteroatoms. The molecule has 1 atom stereocenters. The zero-order chi connectivity index (χ0) is 19.1. The van der Waals surface area contributed by atoms with Crippen LogP contribution in [0.25, 0.3) is 0 Å². The third-order valence-electron chi connectivity index (χ3n) is 3.20. The van der Waals surface area contributed by atoms with Crippen LogP contribution in [0.15, 0.2) is 24.4 Å². The summed E-state index contributed by atoms with van der Waals surface area (Å²) in [6, 6.07) is 1.28. The lowest BCUT2D eigenvalue weighted by atomic mass is 9.95. The Hall–Kier alpha value is -2.16. The van der Waals surface area contributed by atoms with E-state index >= 15 is 0 Å². The molecule has 0 bridgehead atoms.